The number of nitrogens with zero attached hydrogens (tertiary/aromatic N) is 2. The molecule has 0 spiro atoms. The Bertz CT molecular complexity index is 1220. The van der Waals surface area contributed by atoms with Crippen LogP contribution in [-0.4, -0.2) is 21.5 Å². The molecule has 0 aliphatic heterocycles. The highest BCUT2D eigenvalue weighted by atomic mass is 32.1. The average molecular weight is 460 g/mol. The summed E-state index contributed by atoms with van der Waals surface area (Å²) >= 11 is 1.22. The van der Waals surface area contributed by atoms with Gasteiger partial charge in [0.2, 0.25) is 0 Å². The largest absolute Gasteiger partial charge is 0.416 e. The highest BCUT2D eigenvalue weighted by Gasteiger charge is 2.30. The SMILES string of the molecule is CCC(=O)Cc1ncc(C#Cc2cc(C(=O)Cc3cc(C(F)(F)F)ccn3)ccc2F)s1. The third kappa shape index (κ3) is 6.08. The Labute approximate surface area is 185 Å². The molecular formula is C23H16F4N2O2S. The lowest BCUT2D eigenvalue weighted by atomic mass is 10.0. The fraction of sp³-hybridized carbons (Fsp3) is 0.217. The van der Waals surface area contributed by atoms with Gasteiger partial charge in [0.15, 0.2) is 5.78 Å². The maximum absolute atomic E-state index is 14.2. The molecule has 0 aliphatic carbocycles. The fourth-order valence-corrected chi connectivity index (χ4v) is 3.48. The van der Waals surface area contributed by atoms with Crippen LogP contribution in [0.25, 0.3) is 0 Å². The van der Waals surface area contributed by atoms with Crippen LogP contribution in [-0.2, 0) is 23.8 Å². The highest BCUT2D eigenvalue weighted by Crippen LogP contribution is 2.29. The predicted molar refractivity (Wildman–Crippen MR) is 111 cm³/mol. The average Bonchev–Trinajstić information content (AvgIpc) is 3.19. The van der Waals surface area contributed by atoms with Crippen molar-refractivity contribution < 1.29 is 27.2 Å². The van der Waals surface area contributed by atoms with E-state index in [2.05, 4.69) is 21.8 Å². The number of carbonyl (C=O) groups is 2. The summed E-state index contributed by atoms with van der Waals surface area (Å²) in [5, 5.41) is 0.610. The summed E-state index contributed by atoms with van der Waals surface area (Å²) < 4.78 is 52.7. The second kappa shape index (κ2) is 9.83. The van der Waals surface area contributed by atoms with E-state index in [9.17, 15) is 27.2 Å². The Balaban J connectivity index is 1.77. The molecule has 9 heteroatoms. The van der Waals surface area contributed by atoms with Gasteiger partial charge < -0.3 is 0 Å². The van der Waals surface area contributed by atoms with Gasteiger partial charge in [-0.2, -0.15) is 13.2 Å². The van der Waals surface area contributed by atoms with Gasteiger partial charge in [0.05, 0.1) is 35.0 Å². The van der Waals surface area contributed by atoms with E-state index in [1.807, 2.05) is 0 Å². The lowest BCUT2D eigenvalue weighted by molar-refractivity contribution is -0.137. The fourth-order valence-electron chi connectivity index (χ4n) is 2.68. The normalized spacial score (nSPS) is 11.0. The monoisotopic (exact) mass is 460 g/mol. The highest BCUT2D eigenvalue weighted by molar-refractivity contribution is 7.12. The van der Waals surface area contributed by atoms with Crippen LogP contribution in [0, 0.1) is 17.7 Å². The summed E-state index contributed by atoms with van der Waals surface area (Å²) in [6, 6.07) is 5.21. The van der Waals surface area contributed by atoms with Crippen LogP contribution < -0.4 is 0 Å². The van der Waals surface area contributed by atoms with Crippen molar-refractivity contribution >= 4 is 22.9 Å². The van der Waals surface area contributed by atoms with Crippen LogP contribution in [0.15, 0.2) is 42.7 Å². The number of halogens is 4. The van der Waals surface area contributed by atoms with E-state index in [4.69, 9.17) is 0 Å². The smallest absolute Gasteiger partial charge is 0.299 e. The van der Waals surface area contributed by atoms with E-state index < -0.39 is 23.3 Å². The number of pyridine rings is 1. The Morgan fingerprint density at radius 2 is 1.84 bits per heavy atom. The molecule has 4 nitrogen and oxygen atoms in total. The molecule has 0 fully saturated rings. The quantitative estimate of drug-likeness (QED) is 0.294. The topological polar surface area (TPSA) is 59.9 Å². The predicted octanol–water partition coefficient (Wildman–Crippen LogP) is 5.04. The Hall–Kier alpha value is -3.38. The number of thiazole rings is 1. The van der Waals surface area contributed by atoms with Gasteiger partial charge in [-0.1, -0.05) is 12.8 Å². The molecule has 0 atom stereocenters. The molecule has 0 N–H and O–H groups in total. The maximum Gasteiger partial charge on any atom is 0.416 e. The number of alkyl halides is 3. The number of hydrogen-bond donors (Lipinski definition) is 0. The summed E-state index contributed by atoms with van der Waals surface area (Å²) in [4.78, 5) is 32.5. The number of Topliss-reactive ketones (excluding diaryl/α,β-unsaturated/α-hetero) is 2. The zero-order valence-electron chi connectivity index (χ0n) is 16.8. The molecule has 0 radical (unpaired) electrons. The molecule has 1 aromatic carbocycles. The van der Waals surface area contributed by atoms with Crippen molar-refractivity contribution in [3.05, 3.63) is 80.8 Å². The molecule has 3 rings (SSSR count). The van der Waals surface area contributed by atoms with Crippen LogP contribution in [0.2, 0.25) is 0 Å². The minimum Gasteiger partial charge on any atom is -0.299 e. The van der Waals surface area contributed by atoms with E-state index >= 15 is 0 Å². The third-order valence-electron chi connectivity index (χ3n) is 4.39. The molecule has 2 heterocycles. The first kappa shape index (κ1) is 23.3. The first-order chi connectivity index (χ1) is 15.2. The molecular weight excluding hydrogens is 444 g/mol. The van der Waals surface area contributed by atoms with Crippen molar-refractivity contribution in [3.8, 4) is 11.8 Å². The van der Waals surface area contributed by atoms with Gasteiger partial charge >= 0.3 is 6.18 Å². The molecule has 0 saturated carbocycles. The Morgan fingerprint density at radius 1 is 1.06 bits per heavy atom. The first-order valence-electron chi connectivity index (χ1n) is 9.49. The molecule has 2 aromatic heterocycles. The summed E-state index contributed by atoms with van der Waals surface area (Å²) in [6.45, 7) is 1.76. The third-order valence-corrected chi connectivity index (χ3v) is 5.30. The van der Waals surface area contributed by atoms with Crippen molar-refractivity contribution in [2.45, 2.75) is 32.4 Å². The summed E-state index contributed by atoms with van der Waals surface area (Å²) in [7, 11) is 0. The van der Waals surface area contributed by atoms with Gasteiger partial charge in [-0.15, -0.1) is 11.3 Å². The number of hydrogen-bond acceptors (Lipinski definition) is 5. The van der Waals surface area contributed by atoms with E-state index in [1.54, 1.807) is 6.92 Å². The second-order valence-electron chi connectivity index (χ2n) is 6.77. The molecule has 0 amide bonds. The summed E-state index contributed by atoms with van der Waals surface area (Å²) in [6.07, 6.45) is -1.81. The first-order valence-corrected chi connectivity index (χ1v) is 10.3. The van der Waals surface area contributed by atoms with Gasteiger partial charge in [0.25, 0.3) is 0 Å². The number of carbonyl (C=O) groups excluding carboxylic acids is 2. The zero-order valence-corrected chi connectivity index (χ0v) is 17.6. The minimum absolute atomic E-state index is 0.0348. The second-order valence-corrected chi connectivity index (χ2v) is 7.88. The number of rotatable bonds is 6. The van der Waals surface area contributed by atoms with Crippen LogP contribution >= 0.6 is 11.3 Å². The lowest BCUT2D eigenvalue weighted by Crippen LogP contribution is -2.09. The van der Waals surface area contributed by atoms with E-state index in [-0.39, 0.29) is 35.4 Å². The van der Waals surface area contributed by atoms with E-state index in [0.717, 1.165) is 24.4 Å². The molecule has 0 aliphatic rings. The maximum atomic E-state index is 14.2. The Morgan fingerprint density at radius 3 is 2.56 bits per heavy atom. The van der Waals surface area contributed by atoms with Crippen LogP contribution in [0.1, 0.15) is 50.4 Å². The van der Waals surface area contributed by atoms with Crippen molar-refractivity contribution in [2.75, 3.05) is 0 Å². The lowest BCUT2D eigenvalue weighted by Gasteiger charge is -2.08. The van der Waals surface area contributed by atoms with Gasteiger partial charge in [-0.05, 0) is 36.3 Å². The van der Waals surface area contributed by atoms with Gasteiger partial charge in [0.1, 0.15) is 16.6 Å². The zero-order chi connectivity index (χ0) is 23.3. The van der Waals surface area contributed by atoms with E-state index in [1.165, 1.54) is 29.7 Å². The molecule has 3 aromatic rings. The minimum atomic E-state index is -4.54. The number of benzene rings is 1. The van der Waals surface area contributed by atoms with Crippen LogP contribution in [0.5, 0.6) is 0 Å². The van der Waals surface area contributed by atoms with E-state index in [0.29, 0.717) is 16.3 Å². The molecule has 0 bridgehead atoms. The summed E-state index contributed by atoms with van der Waals surface area (Å²) in [5.74, 6) is 4.29. The van der Waals surface area contributed by atoms with Gasteiger partial charge in [-0.25, -0.2) is 9.37 Å². The van der Waals surface area contributed by atoms with Crippen molar-refractivity contribution in [1.82, 2.24) is 9.97 Å². The van der Waals surface area contributed by atoms with Crippen LogP contribution in [0.3, 0.4) is 0 Å². The number of ketones is 2. The molecule has 0 saturated heterocycles. The molecule has 0 unspecified atom stereocenters. The number of aromatic nitrogens is 2. The van der Waals surface area contributed by atoms with Crippen molar-refractivity contribution in [2.24, 2.45) is 0 Å². The van der Waals surface area contributed by atoms with Gasteiger partial charge in [0, 0.05) is 23.9 Å². The van der Waals surface area contributed by atoms with Crippen molar-refractivity contribution in [3.63, 3.8) is 0 Å². The Kier molecular flexibility index (Phi) is 7.15. The van der Waals surface area contributed by atoms with Crippen molar-refractivity contribution in [1.29, 1.82) is 0 Å². The standard InChI is InChI=1S/C23H16F4N2O2S/c1-2-18(30)12-22-29-13-19(32-22)5-3-14-9-15(4-6-20(14)24)21(31)11-17-10-16(7-8-28-17)23(25,26)27/h4,6-10,13H,2,11-12H2,1H3. The van der Waals surface area contributed by atoms with Gasteiger partial charge in [-0.3, -0.25) is 14.6 Å². The molecule has 32 heavy (non-hydrogen) atoms. The summed E-state index contributed by atoms with van der Waals surface area (Å²) in [5.41, 5.74) is -0.869. The molecule has 164 valence electrons. The van der Waals surface area contributed by atoms with Crippen LogP contribution in [0.4, 0.5) is 17.6 Å².